The minimum absolute atomic E-state index is 0.142. The van der Waals surface area contributed by atoms with E-state index in [2.05, 4.69) is 31.9 Å². The lowest BCUT2D eigenvalue weighted by atomic mass is 10.2. The standard InChI is InChI=1S/C21H23BrN4O3/c1-28-19-13-16(14-23)4-6-18(19)29-12-2-3-21(27)26-10-8-25(9-11-26)20-7-5-17(22)15-24-20/h4-7,13,15H,2-3,8-12H2,1H3. The van der Waals surface area contributed by atoms with E-state index in [1.165, 1.54) is 7.11 Å². The Morgan fingerprint density at radius 1 is 1.21 bits per heavy atom. The number of rotatable bonds is 7. The molecule has 3 rings (SSSR count). The van der Waals surface area contributed by atoms with Crippen molar-refractivity contribution in [2.45, 2.75) is 12.8 Å². The van der Waals surface area contributed by atoms with Crippen LogP contribution in [0.25, 0.3) is 0 Å². The highest BCUT2D eigenvalue weighted by atomic mass is 79.9. The minimum Gasteiger partial charge on any atom is -0.493 e. The summed E-state index contributed by atoms with van der Waals surface area (Å²) in [5.41, 5.74) is 0.516. The Bertz CT molecular complexity index is 874. The molecular formula is C21H23BrN4O3. The molecule has 1 aromatic heterocycles. The molecule has 1 aliphatic heterocycles. The Balaban J connectivity index is 1.40. The molecule has 0 saturated carbocycles. The van der Waals surface area contributed by atoms with Crippen LogP contribution in [0, 0.1) is 11.3 Å². The molecule has 2 aromatic rings. The second-order valence-corrected chi connectivity index (χ2v) is 7.55. The number of carbonyl (C=O) groups is 1. The number of anilines is 1. The summed E-state index contributed by atoms with van der Waals surface area (Å²) in [7, 11) is 1.54. The largest absolute Gasteiger partial charge is 0.493 e. The summed E-state index contributed by atoms with van der Waals surface area (Å²) >= 11 is 3.39. The molecule has 1 amide bonds. The second-order valence-electron chi connectivity index (χ2n) is 6.63. The lowest BCUT2D eigenvalue weighted by Crippen LogP contribution is -2.49. The molecule has 29 heavy (non-hydrogen) atoms. The van der Waals surface area contributed by atoms with Gasteiger partial charge in [-0.3, -0.25) is 4.79 Å². The van der Waals surface area contributed by atoms with E-state index in [1.807, 2.05) is 17.0 Å². The first kappa shape index (κ1) is 20.9. The van der Waals surface area contributed by atoms with E-state index in [9.17, 15) is 4.79 Å². The minimum atomic E-state index is 0.142. The predicted molar refractivity (Wildman–Crippen MR) is 113 cm³/mol. The molecule has 1 aromatic carbocycles. The fourth-order valence-electron chi connectivity index (χ4n) is 3.16. The third-order valence-corrected chi connectivity index (χ3v) is 5.22. The lowest BCUT2D eigenvalue weighted by molar-refractivity contribution is -0.131. The highest BCUT2D eigenvalue weighted by molar-refractivity contribution is 9.10. The zero-order valence-corrected chi connectivity index (χ0v) is 17.9. The molecule has 0 unspecified atom stereocenters. The van der Waals surface area contributed by atoms with Gasteiger partial charge in [0.2, 0.25) is 5.91 Å². The second kappa shape index (κ2) is 10.1. The van der Waals surface area contributed by atoms with Gasteiger partial charge in [0, 0.05) is 49.3 Å². The van der Waals surface area contributed by atoms with Crippen molar-refractivity contribution < 1.29 is 14.3 Å². The van der Waals surface area contributed by atoms with Gasteiger partial charge in [-0.1, -0.05) is 0 Å². The van der Waals surface area contributed by atoms with Crippen molar-refractivity contribution in [3.63, 3.8) is 0 Å². The third-order valence-electron chi connectivity index (χ3n) is 4.75. The van der Waals surface area contributed by atoms with E-state index in [0.29, 0.717) is 49.6 Å². The van der Waals surface area contributed by atoms with Crippen LogP contribution in [-0.2, 0) is 4.79 Å². The summed E-state index contributed by atoms with van der Waals surface area (Å²) in [6, 6.07) is 11.1. The maximum absolute atomic E-state index is 12.5. The van der Waals surface area contributed by atoms with Gasteiger partial charge in [0.15, 0.2) is 11.5 Å². The van der Waals surface area contributed by atoms with Gasteiger partial charge in [0.1, 0.15) is 5.82 Å². The molecular weight excluding hydrogens is 436 g/mol. The van der Waals surface area contributed by atoms with Crippen molar-refractivity contribution in [1.29, 1.82) is 5.26 Å². The van der Waals surface area contributed by atoms with E-state index in [0.717, 1.165) is 23.4 Å². The summed E-state index contributed by atoms with van der Waals surface area (Å²) in [5.74, 6) is 2.18. The average Bonchev–Trinajstić information content (AvgIpc) is 2.77. The van der Waals surface area contributed by atoms with E-state index in [4.69, 9.17) is 14.7 Å². The quantitative estimate of drug-likeness (QED) is 0.592. The molecule has 0 N–H and O–H groups in total. The Hall–Kier alpha value is -2.79. The zero-order chi connectivity index (χ0) is 20.6. The summed E-state index contributed by atoms with van der Waals surface area (Å²) in [5, 5.41) is 8.94. The fraction of sp³-hybridized carbons (Fsp3) is 0.381. The number of hydrogen-bond donors (Lipinski definition) is 0. The molecule has 1 aliphatic rings. The first-order chi connectivity index (χ1) is 14.1. The normalized spacial score (nSPS) is 13.7. The van der Waals surface area contributed by atoms with Crippen LogP contribution in [0.1, 0.15) is 18.4 Å². The molecule has 152 valence electrons. The molecule has 0 atom stereocenters. The number of halogens is 1. The van der Waals surface area contributed by atoms with E-state index >= 15 is 0 Å². The summed E-state index contributed by atoms with van der Waals surface area (Å²) < 4.78 is 11.9. The van der Waals surface area contributed by atoms with Gasteiger partial charge in [-0.05, 0) is 46.6 Å². The van der Waals surface area contributed by atoms with Crippen LogP contribution in [0.4, 0.5) is 5.82 Å². The Kier molecular flexibility index (Phi) is 7.30. The smallest absolute Gasteiger partial charge is 0.222 e. The first-order valence-corrected chi connectivity index (χ1v) is 10.2. The van der Waals surface area contributed by atoms with E-state index in [1.54, 1.807) is 24.4 Å². The number of amides is 1. The molecule has 0 spiro atoms. The van der Waals surface area contributed by atoms with Crippen LogP contribution in [0.15, 0.2) is 41.0 Å². The van der Waals surface area contributed by atoms with Crippen LogP contribution >= 0.6 is 15.9 Å². The van der Waals surface area contributed by atoms with Crippen molar-refractivity contribution in [2.24, 2.45) is 0 Å². The van der Waals surface area contributed by atoms with Gasteiger partial charge in [-0.25, -0.2) is 4.98 Å². The molecule has 0 aliphatic carbocycles. The van der Waals surface area contributed by atoms with Crippen molar-refractivity contribution in [1.82, 2.24) is 9.88 Å². The monoisotopic (exact) mass is 458 g/mol. The van der Waals surface area contributed by atoms with Crippen LogP contribution in [0.5, 0.6) is 11.5 Å². The van der Waals surface area contributed by atoms with Crippen LogP contribution < -0.4 is 14.4 Å². The van der Waals surface area contributed by atoms with Crippen LogP contribution in [0.3, 0.4) is 0 Å². The molecule has 1 fully saturated rings. The van der Waals surface area contributed by atoms with Crippen LogP contribution in [0.2, 0.25) is 0 Å². The molecule has 7 nitrogen and oxygen atoms in total. The number of benzene rings is 1. The Morgan fingerprint density at radius 2 is 2.00 bits per heavy atom. The maximum Gasteiger partial charge on any atom is 0.222 e. The summed E-state index contributed by atoms with van der Waals surface area (Å²) in [6.07, 6.45) is 2.85. The average molecular weight is 459 g/mol. The summed E-state index contributed by atoms with van der Waals surface area (Å²) in [6.45, 7) is 3.36. The Labute approximate surface area is 179 Å². The van der Waals surface area contributed by atoms with Crippen molar-refractivity contribution in [2.75, 3.05) is 44.8 Å². The SMILES string of the molecule is COc1cc(C#N)ccc1OCCCC(=O)N1CCN(c2ccc(Br)cn2)CC1. The van der Waals surface area contributed by atoms with Crippen molar-refractivity contribution in [3.05, 3.63) is 46.6 Å². The molecule has 2 heterocycles. The van der Waals surface area contributed by atoms with Gasteiger partial charge in [-0.15, -0.1) is 0 Å². The number of carbonyl (C=O) groups excluding carboxylic acids is 1. The highest BCUT2D eigenvalue weighted by Gasteiger charge is 2.21. The number of ether oxygens (including phenoxy) is 2. The molecule has 8 heteroatoms. The molecule has 0 bridgehead atoms. The number of hydrogen-bond acceptors (Lipinski definition) is 6. The fourth-order valence-corrected chi connectivity index (χ4v) is 3.39. The van der Waals surface area contributed by atoms with Gasteiger partial charge < -0.3 is 19.3 Å². The van der Waals surface area contributed by atoms with E-state index < -0.39 is 0 Å². The Morgan fingerprint density at radius 3 is 2.66 bits per heavy atom. The van der Waals surface area contributed by atoms with Gasteiger partial charge in [-0.2, -0.15) is 5.26 Å². The lowest BCUT2D eigenvalue weighted by Gasteiger charge is -2.35. The molecule has 1 saturated heterocycles. The number of methoxy groups -OCH3 is 1. The summed E-state index contributed by atoms with van der Waals surface area (Å²) in [4.78, 5) is 21.0. The third kappa shape index (κ3) is 5.61. The number of piperazine rings is 1. The van der Waals surface area contributed by atoms with Gasteiger partial charge in [0.05, 0.1) is 25.3 Å². The van der Waals surface area contributed by atoms with Crippen molar-refractivity contribution >= 4 is 27.7 Å². The topological polar surface area (TPSA) is 78.7 Å². The number of nitriles is 1. The maximum atomic E-state index is 12.5. The first-order valence-electron chi connectivity index (χ1n) is 9.46. The van der Waals surface area contributed by atoms with Crippen molar-refractivity contribution in [3.8, 4) is 17.6 Å². The highest BCUT2D eigenvalue weighted by Crippen LogP contribution is 2.28. The number of pyridine rings is 1. The predicted octanol–water partition coefficient (Wildman–Crippen LogP) is 3.23. The van der Waals surface area contributed by atoms with E-state index in [-0.39, 0.29) is 5.91 Å². The number of aromatic nitrogens is 1. The number of nitrogens with zero attached hydrogens (tertiary/aromatic N) is 4. The molecule has 0 radical (unpaired) electrons. The van der Waals surface area contributed by atoms with Gasteiger partial charge >= 0.3 is 0 Å². The zero-order valence-electron chi connectivity index (χ0n) is 16.3. The van der Waals surface area contributed by atoms with Crippen LogP contribution in [-0.4, -0.2) is 55.7 Å². The van der Waals surface area contributed by atoms with Gasteiger partial charge in [0.25, 0.3) is 0 Å².